The molecule has 0 atom stereocenters. The van der Waals surface area contributed by atoms with Gasteiger partial charge in [0, 0.05) is 13.1 Å². The van der Waals surface area contributed by atoms with Gasteiger partial charge in [0.1, 0.15) is 11.5 Å². The molecule has 138 valence electrons. The van der Waals surface area contributed by atoms with Gasteiger partial charge in [0.05, 0.1) is 20.8 Å². The minimum atomic E-state index is 0. The van der Waals surface area contributed by atoms with E-state index in [1.54, 1.807) is 25.6 Å². The van der Waals surface area contributed by atoms with Crippen LogP contribution in [0.1, 0.15) is 18.1 Å². The second-order valence-corrected chi connectivity index (χ2v) is 5.96. The Labute approximate surface area is 170 Å². The first-order valence-corrected chi connectivity index (χ1v) is 8.95. The van der Waals surface area contributed by atoms with E-state index in [0.29, 0.717) is 6.54 Å². The average Bonchev–Trinajstić information content (AvgIpc) is 3.13. The molecule has 7 heteroatoms. The van der Waals surface area contributed by atoms with Crippen molar-refractivity contribution in [3.8, 4) is 11.5 Å². The van der Waals surface area contributed by atoms with Gasteiger partial charge in [-0.15, -0.1) is 24.0 Å². The molecule has 0 aliphatic rings. The first-order valence-electron chi connectivity index (χ1n) is 8.01. The van der Waals surface area contributed by atoms with Crippen molar-refractivity contribution in [1.82, 2.24) is 10.6 Å². The van der Waals surface area contributed by atoms with Crippen LogP contribution in [0.5, 0.6) is 11.5 Å². The number of nitrogens with zero attached hydrogens (tertiary/aromatic N) is 1. The highest BCUT2D eigenvalue weighted by molar-refractivity contribution is 14.0. The average molecular weight is 475 g/mol. The Hall–Kier alpha value is -1.48. The van der Waals surface area contributed by atoms with Crippen molar-refractivity contribution in [2.75, 3.05) is 27.3 Å². The second kappa shape index (κ2) is 12.0. The summed E-state index contributed by atoms with van der Waals surface area (Å²) in [5.74, 6) is 2.53. The Morgan fingerprint density at radius 2 is 2.00 bits per heavy atom. The summed E-state index contributed by atoms with van der Waals surface area (Å²) >= 11 is 1.69. The van der Waals surface area contributed by atoms with Crippen LogP contribution in [0.3, 0.4) is 0 Å². The fourth-order valence-corrected chi connectivity index (χ4v) is 2.95. The monoisotopic (exact) mass is 475 g/mol. The lowest BCUT2D eigenvalue weighted by Gasteiger charge is -2.13. The Kier molecular flexibility index (Phi) is 10.3. The summed E-state index contributed by atoms with van der Waals surface area (Å²) in [7, 11) is 3.36. The lowest BCUT2D eigenvalue weighted by molar-refractivity contribution is 0.398. The van der Waals surface area contributed by atoms with E-state index < -0.39 is 0 Å². The molecule has 0 aliphatic carbocycles. The highest BCUT2D eigenvalue weighted by atomic mass is 127. The summed E-state index contributed by atoms with van der Waals surface area (Å²) in [6.45, 7) is 4.34. The van der Waals surface area contributed by atoms with Gasteiger partial charge in [-0.3, -0.25) is 0 Å². The van der Waals surface area contributed by atoms with Crippen LogP contribution in [0.2, 0.25) is 0 Å². The number of ether oxygens (including phenoxy) is 2. The van der Waals surface area contributed by atoms with Gasteiger partial charge in [-0.25, -0.2) is 4.99 Å². The van der Waals surface area contributed by atoms with Gasteiger partial charge >= 0.3 is 0 Å². The van der Waals surface area contributed by atoms with Gasteiger partial charge < -0.3 is 20.1 Å². The minimum Gasteiger partial charge on any atom is -0.497 e. The van der Waals surface area contributed by atoms with E-state index >= 15 is 0 Å². The van der Waals surface area contributed by atoms with E-state index in [-0.39, 0.29) is 24.0 Å². The van der Waals surface area contributed by atoms with Crippen LogP contribution in [0.4, 0.5) is 0 Å². The van der Waals surface area contributed by atoms with Gasteiger partial charge in [-0.05, 0) is 59.5 Å². The van der Waals surface area contributed by atoms with E-state index in [2.05, 4.69) is 39.4 Å². The number of hydrogen-bond donors (Lipinski definition) is 2. The molecule has 0 radical (unpaired) electrons. The minimum absolute atomic E-state index is 0. The third-order valence-corrected chi connectivity index (χ3v) is 4.25. The standard InChI is InChI=1S/C18H25N3O2S.HI/c1-4-19-18(21-12-14-8-10-24-13-14)20-9-7-15-11-16(22-2)5-6-17(15)23-3;/h5-6,8,10-11,13H,4,7,9,12H2,1-3H3,(H2,19,20,21);1H. The molecule has 1 heterocycles. The van der Waals surface area contributed by atoms with Crippen LogP contribution in [0.15, 0.2) is 40.0 Å². The quantitative estimate of drug-likeness (QED) is 0.348. The van der Waals surface area contributed by atoms with E-state index in [1.165, 1.54) is 5.56 Å². The molecule has 0 amide bonds. The molecule has 1 aromatic carbocycles. The predicted molar refractivity (Wildman–Crippen MR) is 116 cm³/mol. The molecule has 1 aromatic heterocycles. The van der Waals surface area contributed by atoms with Gasteiger partial charge in [0.25, 0.3) is 0 Å². The third kappa shape index (κ3) is 7.11. The molecular weight excluding hydrogens is 449 g/mol. The lowest BCUT2D eigenvalue weighted by atomic mass is 10.1. The molecule has 0 bridgehead atoms. The second-order valence-electron chi connectivity index (χ2n) is 5.18. The van der Waals surface area contributed by atoms with E-state index in [0.717, 1.165) is 42.5 Å². The maximum atomic E-state index is 5.42. The van der Waals surface area contributed by atoms with Crippen molar-refractivity contribution in [3.63, 3.8) is 0 Å². The first-order chi connectivity index (χ1) is 11.8. The Morgan fingerprint density at radius 3 is 2.64 bits per heavy atom. The smallest absolute Gasteiger partial charge is 0.191 e. The number of nitrogens with one attached hydrogen (secondary N) is 2. The lowest BCUT2D eigenvalue weighted by Crippen LogP contribution is -2.38. The molecule has 5 nitrogen and oxygen atoms in total. The van der Waals surface area contributed by atoms with Crippen LogP contribution >= 0.6 is 35.3 Å². The van der Waals surface area contributed by atoms with Crippen molar-refractivity contribution in [2.45, 2.75) is 19.9 Å². The third-order valence-electron chi connectivity index (χ3n) is 3.52. The van der Waals surface area contributed by atoms with E-state index in [4.69, 9.17) is 9.47 Å². The van der Waals surface area contributed by atoms with E-state index in [9.17, 15) is 0 Å². The van der Waals surface area contributed by atoms with Crippen molar-refractivity contribution in [2.24, 2.45) is 4.99 Å². The van der Waals surface area contributed by atoms with Crippen molar-refractivity contribution >= 4 is 41.3 Å². The fraction of sp³-hybridized carbons (Fsp3) is 0.389. The highest BCUT2D eigenvalue weighted by Gasteiger charge is 2.06. The van der Waals surface area contributed by atoms with Gasteiger partial charge in [0.2, 0.25) is 0 Å². The number of aliphatic imine (C=N–C) groups is 1. The van der Waals surface area contributed by atoms with Crippen LogP contribution in [-0.2, 0) is 13.0 Å². The summed E-state index contributed by atoms with van der Waals surface area (Å²) < 4.78 is 10.7. The highest BCUT2D eigenvalue weighted by Crippen LogP contribution is 2.24. The largest absolute Gasteiger partial charge is 0.497 e. The van der Waals surface area contributed by atoms with Crippen molar-refractivity contribution in [1.29, 1.82) is 0 Å². The van der Waals surface area contributed by atoms with Crippen LogP contribution in [0, 0.1) is 0 Å². The zero-order valence-electron chi connectivity index (χ0n) is 14.9. The van der Waals surface area contributed by atoms with Crippen LogP contribution in [-0.4, -0.2) is 33.3 Å². The summed E-state index contributed by atoms with van der Waals surface area (Å²) in [6.07, 6.45) is 0.823. The normalized spacial score (nSPS) is 10.8. The van der Waals surface area contributed by atoms with Gasteiger partial charge in [-0.1, -0.05) is 0 Å². The molecule has 2 N–H and O–H groups in total. The maximum absolute atomic E-state index is 5.42. The predicted octanol–water partition coefficient (Wildman–Crippen LogP) is 3.68. The number of guanidine groups is 1. The van der Waals surface area contributed by atoms with Crippen molar-refractivity contribution < 1.29 is 9.47 Å². The molecule has 0 saturated carbocycles. The van der Waals surface area contributed by atoms with Crippen molar-refractivity contribution in [3.05, 3.63) is 46.2 Å². The number of hydrogen-bond acceptors (Lipinski definition) is 4. The summed E-state index contributed by atoms with van der Waals surface area (Å²) in [5.41, 5.74) is 2.34. The zero-order valence-corrected chi connectivity index (χ0v) is 18.0. The van der Waals surface area contributed by atoms with Gasteiger partial charge in [-0.2, -0.15) is 11.3 Å². The molecule has 25 heavy (non-hydrogen) atoms. The summed E-state index contributed by atoms with van der Waals surface area (Å²) in [5, 5.41) is 10.8. The molecular formula is C18H26IN3O2S. The molecule has 0 spiro atoms. The maximum Gasteiger partial charge on any atom is 0.191 e. The molecule has 2 aromatic rings. The van der Waals surface area contributed by atoms with E-state index in [1.807, 2.05) is 18.2 Å². The summed E-state index contributed by atoms with van der Waals surface area (Å²) in [4.78, 5) is 4.61. The zero-order chi connectivity index (χ0) is 17.2. The molecule has 0 aliphatic heterocycles. The Bertz CT molecular complexity index is 648. The number of methoxy groups -OCH3 is 2. The summed E-state index contributed by atoms with van der Waals surface area (Å²) in [6, 6.07) is 7.95. The first kappa shape index (κ1) is 21.6. The Morgan fingerprint density at radius 1 is 1.16 bits per heavy atom. The molecule has 0 saturated heterocycles. The molecule has 0 unspecified atom stereocenters. The van der Waals surface area contributed by atoms with Gasteiger partial charge in [0.15, 0.2) is 5.96 Å². The SMILES string of the molecule is CCNC(=NCc1ccsc1)NCCc1cc(OC)ccc1OC.I. The number of rotatable bonds is 8. The Balaban J connectivity index is 0.00000312. The van der Waals surface area contributed by atoms with Crippen LogP contribution < -0.4 is 20.1 Å². The molecule has 0 fully saturated rings. The number of benzene rings is 1. The van der Waals surface area contributed by atoms with Crippen LogP contribution in [0.25, 0.3) is 0 Å². The fourth-order valence-electron chi connectivity index (χ4n) is 2.29. The number of halogens is 1. The molecule has 2 rings (SSSR count). The topological polar surface area (TPSA) is 54.9 Å². The number of thiophene rings is 1.